The van der Waals surface area contributed by atoms with Crippen molar-refractivity contribution in [2.24, 2.45) is 0 Å². The van der Waals surface area contributed by atoms with Gasteiger partial charge in [0.1, 0.15) is 5.75 Å². The van der Waals surface area contributed by atoms with Gasteiger partial charge in [-0.05, 0) is 48.9 Å². The van der Waals surface area contributed by atoms with Crippen LogP contribution in [0.15, 0.2) is 53.4 Å². The van der Waals surface area contributed by atoms with Crippen LogP contribution in [0.4, 0.5) is 0 Å². The normalized spacial score (nSPS) is 12.7. The first-order chi connectivity index (χ1) is 12.2. The van der Waals surface area contributed by atoms with Crippen molar-refractivity contribution >= 4 is 27.5 Å². The molecular weight excluding hydrogens is 376 g/mol. The van der Waals surface area contributed by atoms with Crippen LogP contribution in [-0.4, -0.2) is 39.3 Å². The molecule has 0 aliphatic rings. The fourth-order valence-electron chi connectivity index (χ4n) is 2.34. The smallest absolute Gasteiger partial charge is 0.243 e. The third kappa shape index (κ3) is 4.97. The van der Waals surface area contributed by atoms with Gasteiger partial charge >= 0.3 is 0 Å². The average molecular weight is 397 g/mol. The molecular formula is C18H21ClN2O4S. The molecule has 0 fully saturated rings. The van der Waals surface area contributed by atoms with Crippen molar-refractivity contribution in [3.63, 3.8) is 0 Å². The van der Waals surface area contributed by atoms with Gasteiger partial charge in [-0.1, -0.05) is 23.7 Å². The Morgan fingerprint density at radius 2 is 1.73 bits per heavy atom. The van der Waals surface area contributed by atoms with E-state index in [1.807, 2.05) is 19.1 Å². The standard InChI is InChI=1S/C18H21ClN2O4S/c1-13(14-4-6-15(19)7-5-14)20-18(22)12-21(2)26(23,24)17-10-8-16(25-3)9-11-17/h4-11,13H,12H2,1-3H3,(H,20,22). The molecule has 0 aliphatic carbocycles. The van der Waals surface area contributed by atoms with Crippen molar-refractivity contribution in [1.82, 2.24) is 9.62 Å². The summed E-state index contributed by atoms with van der Waals surface area (Å²) in [6.07, 6.45) is 0. The maximum Gasteiger partial charge on any atom is 0.243 e. The van der Waals surface area contributed by atoms with Gasteiger partial charge in [-0.3, -0.25) is 4.79 Å². The van der Waals surface area contributed by atoms with Crippen LogP contribution >= 0.6 is 11.6 Å². The lowest BCUT2D eigenvalue weighted by Gasteiger charge is -2.19. The molecule has 0 spiro atoms. The average Bonchev–Trinajstić information content (AvgIpc) is 2.62. The predicted octanol–water partition coefficient (Wildman–Crippen LogP) is 2.85. The summed E-state index contributed by atoms with van der Waals surface area (Å²) in [5.74, 6) is 0.160. The Hall–Kier alpha value is -2.09. The number of rotatable bonds is 7. The number of carbonyl (C=O) groups is 1. The molecule has 0 saturated heterocycles. The van der Waals surface area contributed by atoms with Crippen molar-refractivity contribution in [1.29, 1.82) is 0 Å². The Morgan fingerprint density at radius 1 is 1.15 bits per heavy atom. The van der Waals surface area contributed by atoms with Gasteiger partial charge in [0.15, 0.2) is 0 Å². The number of likely N-dealkylation sites (N-methyl/N-ethyl adjacent to an activating group) is 1. The minimum Gasteiger partial charge on any atom is -0.497 e. The van der Waals surface area contributed by atoms with Gasteiger partial charge in [0, 0.05) is 12.1 Å². The van der Waals surface area contributed by atoms with Crippen LogP contribution in [0.2, 0.25) is 5.02 Å². The third-order valence-corrected chi connectivity index (χ3v) is 5.95. The van der Waals surface area contributed by atoms with Crippen molar-refractivity contribution in [3.05, 3.63) is 59.1 Å². The Morgan fingerprint density at radius 3 is 2.27 bits per heavy atom. The molecule has 1 N–H and O–H groups in total. The molecule has 1 unspecified atom stereocenters. The Bertz CT molecular complexity index is 852. The zero-order valence-electron chi connectivity index (χ0n) is 14.8. The second kappa shape index (κ2) is 8.53. The molecule has 0 saturated carbocycles. The van der Waals surface area contributed by atoms with Gasteiger partial charge in [0.05, 0.1) is 24.6 Å². The van der Waals surface area contributed by atoms with E-state index in [1.54, 1.807) is 24.3 Å². The lowest BCUT2D eigenvalue weighted by Crippen LogP contribution is -2.39. The summed E-state index contributed by atoms with van der Waals surface area (Å²) in [4.78, 5) is 12.3. The molecule has 1 atom stereocenters. The highest BCUT2D eigenvalue weighted by Crippen LogP contribution is 2.19. The molecule has 2 rings (SSSR count). The van der Waals surface area contributed by atoms with Gasteiger partial charge in [0.2, 0.25) is 15.9 Å². The molecule has 1 amide bonds. The van der Waals surface area contributed by atoms with Crippen LogP contribution in [0.1, 0.15) is 18.5 Å². The van der Waals surface area contributed by atoms with E-state index < -0.39 is 15.9 Å². The Labute approximate surface area is 158 Å². The first-order valence-corrected chi connectivity index (χ1v) is 9.71. The van der Waals surface area contributed by atoms with Gasteiger partial charge < -0.3 is 10.1 Å². The highest BCUT2D eigenvalue weighted by molar-refractivity contribution is 7.89. The number of nitrogens with one attached hydrogen (secondary N) is 1. The highest BCUT2D eigenvalue weighted by atomic mass is 35.5. The summed E-state index contributed by atoms with van der Waals surface area (Å²) in [6.45, 7) is 1.53. The monoisotopic (exact) mass is 396 g/mol. The highest BCUT2D eigenvalue weighted by Gasteiger charge is 2.23. The second-order valence-corrected chi connectivity index (χ2v) is 8.26. The molecule has 8 heteroatoms. The van der Waals surface area contributed by atoms with Crippen LogP contribution in [0.5, 0.6) is 5.75 Å². The first kappa shape index (κ1) is 20.2. The summed E-state index contributed by atoms with van der Waals surface area (Å²) in [6, 6.07) is 12.8. The Balaban J connectivity index is 2.01. The minimum atomic E-state index is -3.77. The number of sulfonamides is 1. The van der Waals surface area contributed by atoms with E-state index >= 15 is 0 Å². The lowest BCUT2D eigenvalue weighted by molar-refractivity contribution is -0.121. The zero-order chi connectivity index (χ0) is 19.3. The van der Waals surface area contributed by atoms with Crippen molar-refractivity contribution in [3.8, 4) is 5.75 Å². The summed E-state index contributed by atoms with van der Waals surface area (Å²) >= 11 is 5.85. The summed E-state index contributed by atoms with van der Waals surface area (Å²) in [5.41, 5.74) is 0.878. The van der Waals surface area contributed by atoms with Crippen LogP contribution in [0.25, 0.3) is 0 Å². The number of amides is 1. The van der Waals surface area contributed by atoms with E-state index in [-0.39, 0.29) is 17.5 Å². The van der Waals surface area contributed by atoms with Crippen LogP contribution < -0.4 is 10.1 Å². The number of nitrogens with zero attached hydrogens (tertiary/aromatic N) is 1. The van der Waals surface area contributed by atoms with Crippen molar-refractivity contribution < 1.29 is 17.9 Å². The topological polar surface area (TPSA) is 75.7 Å². The number of hydrogen-bond donors (Lipinski definition) is 1. The SMILES string of the molecule is COc1ccc(S(=O)(=O)N(C)CC(=O)NC(C)c2ccc(Cl)cc2)cc1. The molecule has 2 aromatic carbocycles. The van der Waals surface area contributed by atoms with Gasteiger partial charge in [-0.15, -0.1) is 0 Å². The van der Waals surface area contributed by atoms with Gasteiger partial charge in [-0.2, -0.15) is 4.31 Å². The van der Waals surface area contributed by atoms with Gasteiger partial charge in [-0.25, -0.2) is 8.42 Å². The zero-order valence-corrected chi connectivity index (χ0v) is 16.3. The van der Waals surface area contributed by atoms with Gasteiger partial charge in [0.25, 0.3) is 0 Å². The number of ether oxygens (including phenoxy) is 1. The summed E-state index contributed by atoms with van der Waals surface area (Å²) in [7, 11) is -0.897. The largest absolute Gasteiger partial charge is 0.497 e. The van der Waals surface area contributed by atoms with E-state index in [2.05, 4.69) is 5.32 Å². The van der Waals surface area contributed by atoms with E-state index in [9.17, 15) is 13.2 Å². The molecule has 6 nitrogen and oxygen atoms in total. The first-order valence-electron chi connectivity index (χ1n) is 7.89. The number of methoxy groups -OCH3 is 1. The molecule has 140 valence electrons. The van der Waals surface area contributed by atoms with E-state index in [4.69, 9.17) is 16.3 Å². The number of halogens is 1. The van der Waals surface area contributed by atoms with E-state index in [0.717, 1.165) is 9.87 Å². The molecule has 0 aromatic heterocycles. The van der Waals surface area contributed by atoms with Crippen molar-refractivity contribution in [2.75, 3.05) is 20.7 Å². The predicted molar refractivity (Wildman–Crippen MR) is 101 cm³/mol. The van der Waals surface area contributed by atoms with Crippen LogP contribution in [0.3, 0.4) is 0 Å². The number of benzene rings is 2. The lowest BCUT2D eigenvalue weighted by atomic mass is 10.1. The fourth-order valence-corrected chi connectivity index (χ4v) is 3.59. The minimum absolute atomic E-state index is 0.0966. The molecule has 0 heterocycles. The van der Waals surface area contributed by atoms with Crippen molar-refractivity contribution in [2.45, 2.75) is 17.9 Å². The maximum absolute atomic E-state index is 12.6. The van der Waals surface area contributed by atoms with Crippen LogP contribution in [0, 0.1) is 0 Å². The Kier molecular flexibility index (Phi) is 6.63. The summed E-state index contributed by atoms with van der Waals surface area (Å²) in [5, 5.41) is 3.39. The molecule has 0 radical (unpaired) electrons. The second-order valence-electron chi connectivity index (χ2n) is 5.78. The van der Waals surface area contributed by atoms with E-state index in [0.29, 0.717) is 10.8 Å². The fraction of sp³-hybridized carbons (Fsp3) is 0.278. The third-order valence-electron chi connectivity index (χ3n) is 3.88. The number of carbonyl (C=O) groups excluding carboxylic acids is 1. The summed E-state index contributed by atoms with van der Waals surface area (Å²) < 4.78 is 31.1. The number of hydrogen-bond acceptors (Lipinski definition) is 4. The quantitative estimate of drug-likeness (QED) is 0.780. The molecule has 26 heavy (non-hydrogen) atoms. The van der Waals surface area contributed by atoms with E-state index in [1.165, 1.54) is 26.3 Å². The molecule has 0 aliphatic heterocycles. The molecule has 2 aromatic rings. The maximum atomic E-state index is 12.6. The molecule has 0 bridgehead atoms. The van der Waals surface area contributed by atoms with Crippen LogP contribution in [-0.2, 0) is 14.8 Å².